The Bertz CT molecular complexity index is 1190. The second-order valence-electron chi connectivity index (χ2n) is 8.16. The lowest BCUT2D eigenvalue weighted by molar-refractivity contribution is -0.210. The fraction of sp³-hybridized carbons (Fsp3) is 0.286. The Kier molecular flexibility index (Phi) is 9.16. The molecular weight excluding hydrogens is 489 g/mol. The fourth-order valence-corrected chi connectivity index (χ4v) is 3.43. The summed E-state index contributed by atoms with van der Waals surface area (Å²) in [5, 5.41) is 0. The van der Waals surface area contributed by atoms with Gasteiger partial charge in [0.15, 0.2) is 6.10 Å². The van der Waals surface area contributed by atoms with Gasteiger partial charge in [-0.15, -0.1) is 0 Å². The molecule has 0 bridgehead atoms. The predicted molar refractivity (Wildman–Crippen MR) is 129 cm³/mol. The van der Waals surface area contributed by atoms with Crippen LogP contribution < -0.4 is 9.47 Å². The Balaban J connectivity index is 1.94. The van der Waals surface area contributed by atoms with E-state index in [-0.39, 0.29) is 24.5 Å². The molecule has 0 amide bonds. The van der Waals surface area contributed by atoms with Crippen molar-refractivity contribution in [2.75, 3.05) is 6.61 Å². The molecule has 2 unspecified atom stereocenters. The molecule has 0 aromatic heterocycles. The van der Waals surface area contributed by atoms with E-state index in [1.54, 1.807) is 26.0 Å². The molecule has 9 heteroatoms. The third kappa shape index (κ3) is 7.49. The molecule has 0 fully saturated rings. The normalized spacial score (nSPS) is 12.8. The molecule has 0 saturated carbocycles. The maximum absolute atomic E-state index is 13.2. The summed E-state index contributed by atoms with van der Waals surface area (Å²) in [5.74, 6) is -2.76. The lowest BCUT2D eigenvalue weighted by Crippen LogP contribution is -2.40. The van der Waals surface area contributed by atoms with Crippen LogP contribution in [0.3, 0.4) is 0 Å². The number of hydrogen-bond acceptors (Lipinski definition) is 6. The van der Waals surface area contributed by atoms with E-state index in [1.165, 1.54) is 24.3 Å². The topological polar surface area (TPSA) is 71.1 Å². The summed E-state index contributed by atoms with van der Waals surface area (Å²) >= 11 is 0. The van der Waals surface area contributed by atoms with Crippen LogP contribution in [0, 0.1) is 13.8 Å². The van der Waals surface area contributed by atoms with Crippen LogP contribution in [0.25, 0.3) is 0 Å². The van der Waals surface area contributed by atoms with Gasteiger partial charge in [-0.3, -0.25) is 0 Å². The number of benzene rings is 3. The van der Waals surface area contributed by atoms with Crippen LogP contribution >= 0.6 is 0 Å². The lowest BCUT2D eigenvalue weighted by Gasteiger charge is -2.27. The van der Waals surface area contributed by atoms with E-state index in [1.807, 2.05) is 43.3 Å². The largest absolute Gasteiger partial charge is 0.490 e. The summed E-state index contributed by atoms with van der Waals surface area (Å²) in [5.41, 5.74) is 2.52. The number of alkyl halides is 3. The first-order valence-corrected chi connectivity index (χ1v) is 11.5. The summed E-state index contributed by atoms with van der Waals surface area (Å²) in [7, 11) is 0. The molecule has 0 heterocycles. The molecule has 3 aromatic carbocycles. The van der Waals surface area contributed by atoms with E-state index < -0.39 is 30.3 Å². The second-order valence-corrected chi connectivity index (χ2v) is 8.16. The van der Waals surface area contributed by atoms with Crippen LogP contribution in [0.15, 0.2) is 72.8 Å². The highest BCUT2D eigenvalue weighted by molar-refractivity contribution is 5.79. The number of rotatable bonds is 10. The molecule has 0 aliphatic carbocycles. The Hall–Kier alpha value is -4.01. The van der Waals surface area contributed by atoms with Crippen molar-refractivity contribution < 1.29 is 41.7 Å². The summed E-state index contributed by atoms with van der Waals surface area (Å²) < 4.78 is 60.9. The molecule has 196 valence electrons. The van der Waals surface area contributed by atoms with E-state index in [0.29, 0.717) is 11.3 Å². The molecular formula is C28H27F3O6. The third-order valence-corrected chi connectivity index (χ3v) is 5.53. The second kappa shape index (κ2) is 12.3. The SMILES string of the molecule is CCOC(=O)C(Oc1cccc(C)c1C)C(OC(=O)C(F)(F)F)c1ccc(OCc2ccccc2)cc1. The lowest BCUT2D eigenvalue weighted by atomic mass is 10.0. The van der Waals surface area contributed by atoms with Crippen molar-refractivity contribution in [1.29, 1.82) is 0 Å². The van der Waals surface area contributed by atoms with Crippen molar-refractivity contribution in [3.05, 3.63) is 95.1 Å². The zero-order chi connectivity index (χ0) is 27.0. The van der Waals surface area contributed by atoms with Gasteiger partial charge in [0.05, 0.1) is 6.61 Å². The molecule has 0 aliphatic heterocycles. The molecule has 6 nitrogen and oxygen atoms in total. The molecule has 3 rings (SSSR count). The van der Waals surface area contributed by atoms with Crippen LogP contribution in [0.2, 0.25) is 0 Å². The van der Waals surface area contributed by atoms with Crippen molar-refractivity contribution in [3.8, 4) is 11.5 Å². The first-order chi connectivity index (χ1) is 17.6. The number of esters is 2. The van der Waals surface area contributed by atoms with Crippen molar-refractivity contribution in [2.24, 2.45) is 0 Å². The Labute approximate surface area is 212 Å². The quantitative estimate of drug-likeness (QED) is 0.306. The molecule has 0 aliphatic rings. The molecule has 37 heavy (non-hydrogen) atoms. The average Bonchev–Trinajstić information content (AvgIpc) is 2.87. The standard InChI is InChI=1S/C28H27F3O6/c1-4-34-26(32)25(36-23-12-8-9-18(2)19(23)3)24(37-27(33)28(29,30)31)21-13-15-22(16-14-21)35-17-20-10-6-5-7-11-20/h5-16,24-25H,4,17H2,1-3H3. The van der Waals surface area contributed by atoms with Crippen LogP contribution in [0.5, 0.6) is 11.5 Å². The fourth-order valence-electron chi connectivity index (χ4n) is 3.43. The van der Waals surface area contributed by atoms with Gasteiger partial charge in [0.25, 0.3) is 0 Å². The number of carbonyl (C=O) groups is 2. The van der Waals surface area contributed by atoms with Gasteiger partial charge < -0.3 is 18.9 Å². The predicted octanol–water partition coefficient (Wildman–Crippen LogP) is 6.04. The minimum Gasteiger partial charge on any atom is -0.489 e. The monoisotopic (exact) mass is 516 g/mol. The number of hydrogen-bond donors (Lipinski definition) is 0. The smallest absolute Gasteiger partial charge is 0.489 e. The Morgan fingerprint density at radius 1 is 0.892 bits per heavy atom. The molecule has 3 aromatic rings. The van der Waals surface area contributed by atoms with Gasteiger partial charge in [-0.1, -0.05) is 54.6 Å². The van der Waals surface area contributed by atoms with E-state index in [2.05, 4.69) is 0 Å². The minimum atomic E-state index is -5.28. The van der Waals surface area contributed by atoms with Gasteiger partial charge in [0.2, 0.25) is 6.10 Å². The van der Waals surface area contributed by atoms with Crippen molar-refractivity contribution in [1.82, 2.24) is 0 Å². The van der Waals surface area contributed by atoms with Gasteiger partial charge in [-0.05, 0) is 61.2 Å². The minimum absolute atomic E-state index is 0.0578. The van der Waals surface area contributed by atoms with Crippen molar-refractivity contribution >= 4 is 11.9 Å². The first-order valence-electron chi connectivity index (χ1n) is 11.5. The number of halogens is 3. The molecule has 0 radical (unpaired) electrons. The number of ether oxygens (including phenoxy) is 4. The van der Waals surface area contributed by atoms with Crippen molar-refractivity contribution in [3.63, 3.8) is 0 Å². The molecule has 0 spiro atoms. The highest BCUT2D eigenvalue weighted by Gasteiger charge is 2.46. The first kappa shape index (κ1) is 27.6. The van der Waals surface area contributed by atoms with Gasteiger partial charge in [-0.2, -0.15) is 13.2 Å². The molecule has 0 saturated heterocycles. The maximum Gasteiger partial charge on any atom is 0.490 e. The molecule has 0 N–H and O–H groups in total. The van der Waals surface area contributed by atoms with Gasteiger partial charge in [0.1, 0.15) is 18.1 Å². The van der Waals surface area contributed by atoms with Crippen molar-refractivity contribution in [2.45, 2.75) is 45.8 Å². The highest BCUT2D eigenvalue weighted by atomic mass is 19.4. The van der Waals surface area contributed by atoms with Crippen LogP contribution in [-0.4, -0.2) is 30.8 Å². The Morgan fingerprint density at radius 3 is 2.19 bits per heavy atom. The zero-order valence-electron chi connectivity index (χ0n) is 20.6. The Morgan fingerprint density at radius 2 is 1.57 bits per heavy atom. The van der Waals surface area contributed by atoms with E-state index in [4.69, 9.17) is 18.9 Å². The summed E-state index contributed by atoms with van der Waals surface area (Å²) in [6.07, 6.45) is -8.74. The van der Waals surface area contributed by atoms with Crippen LogP contribution in [0.1, 0.15) is 35.3 Å². The van der Waals surface area contributed by atoms with E-state index in [9.17, 15) is 22.8 Å². The van der Waals surface area contributed by atoms with E-state index in [0.717, 1.165) is 11.1 Å². The summed E-state index contributed by atoms with van der Waals surface area (Å²) in [6, 6.07) is 20.3. The number of aryl methyl sites for hydroxylation is 1. The van der Waals surface area contributed by atoms with Gasteiger partial charge in [-0.25, -0.2) is 9.59 Å². The summed E-state index contributed by atoms with van der Waals surface area (Å²) in [4.78, 5) is 24.7. The average molecular weight is 517 g/mol. The van der Waals surface area contributed by atoms with Crippen LogP contribution in [-0.2, 0) is 25.7 Å². The zero-order valence-corrected chi connectivity index (χ0v) is 20.6. The third-order valence-electron chi connectivity index (χ3n) is 5.53. The van der Waals surface area contributed by atoms with Crippen LogP contribution in [0.4, 0.5) is 13.2 Å². The maximum atomic E-state index is 13.2. The van der Waals surface area contributed by atoms with Gasteiger partial charge >= 0.3 is 18.1 Å². The highest BCUT2D eigenvalue weighted by Crippen LogP contribution is 2.32. The summed E-state index contributed by atoms with van der Waals surface area (Å²) in [6.45, 7) is 5.31. The molecule has 2 atom stereocenters. The number of carbonyl (C=O) groups excluding carboxylic acids is 2. The van der Waals surface area contributed by atoms with Gasteiger partial charge in [0, 0.05) is 0 Å². The van der Waals surface area contributed by atoms with E-state index >= 15 is 0 Å².